The SMILES string of the molecule is Cc1ccc(CCN(CC2CCCO2)C(=O)Cc2ccc(N)cc2)cc1.Cl. The number of carbonyl (C=O) groups excluding carboxylic acids is 1. The minimum atomic E-state index is 0. The van der Waals surface area contributed by atoms with E-state index in [1.54, 1.807) is 0 Å². The van der Waals surface area contributed by atoms with Gasteiger partial charge in [0.1, 0.15) is 0 Å². The number of halogens is 1. The Morgan fingerprint density at radius 1 is 1.11 bits per heavy atom. The van der Waals surface area contributed by atoms with Crippen molar-refractivity contribution in [3.8, 4) is 0 Å². The van der Waals surface area contributed by atoms with E-state index in [0.29, 0.717) is 13.0 Å². The summed E-state index contributed by atoms with van der Waals surface area (Å²) in [4.78, 5) is 14.9. The number of rotatable bonds is 7. The van der Waals surface area contributed by atoms with Crippen molar-refractivity contribution < 1.29 is 9.53 Å². The van der Waals surface area contributed by atoms with Crippen LogP contribution < -0.4 is 5.73 Å². The highest BCUT2D eigenvalue weighted by atomic mass is 35.5. The highest BCUT2D eigenvalue weighted by molar-refractivity contribution is 5.85. The average Bonchev–Trinajstić information content (AvgIpc) is 3.15. The second kappa shape index (κ2) is 10.3. The molecule has 0 bridgehead atoms. The van der Waals surface area contributed by atoms with Crippen molar-refractivity contribution in [3.63, 3.8) is 0 Å². The number of anilines is 1. The van der Waals surface area contributed by atoms with Crippen molar-refractivity contribution in [3.05, 3.63) is 65.2 Å². The van der Waals surface area contributed by atoms with Gasteiger partial charge < -0.3 is 15.4 Å². The summed E-state index contributed by atoms with van der Waals surface area (Å²) < 4.78 is 5.76. The Morgan fingerprint density at radius 2 is 1.78 bits per heavy atom. The van der Waals surface area contributed by atoms with Crippen LogP contribution in [0, 0.1) is 6.92 Å². The molecule has 1 heterocycles. The molecule has 0 aliphatic carbocycles. The molecule has 1 aliphatic rings. The molecule has 0 radical (unpaired) electrons. The molecule has 3 rings (SSSR count). The van der Waals surface area contributed by atoms with Crippen molar-refractivity contribution in [2.24, 2.45) is 0 Å². The summed E-state index contributed by atoms with van der Waals surface area (Å²) in [5, 5.41) is 0. The van der Waals surface area contributed by atoms with E-state index in [1.807, 2.05) is 29.2 Å². The van der Waals surface area contributed by atoms with Crippen LogP contribution in [0.1, 0.15) is 29.5 Å². The number of ether oxygens (including phenoxy) is 1. The van der Waals surface area contributed by atoms with Crippen molar-refractivity contribution in [2.45, 2.75) is 38.7 Å². The molecule has 1 atom stereocenters. The van der Waals surface area contributed by atoms with Gasteiger partial charge in [0.2, 0.25) is 5.91 Å². The van der Waals surface area contributed by atoms with E-state index in [4.69, 9.17) is 10.5 Å². The third kappa shape index (κ3) is 6.56. The minimum Gasteiger partial charge on any atom is -0.399 e. The predicted molar refractivity (Wildman–Crippen MR) is 112 cm³/mol. The Bertz CT molecular complexity index is 710. The first-order chi connectivity index (χ1) is 12.6. The van der Waals surface area contributed by atoms with E-state index in [2.05, 4.69) is 31.2 Å². The molecular formula is C22H29ClN2O2. The fourth-order valence-corrected chi connectivity index (χ4v) is 3.29. The fraction of sp³-hybridized carbons (Fsp3) is 0.409. The third-order valence-electron chi connectivity index (χ3n) is 4.93. The number of aryl methyl sites for hydroxylation is 1. The molecular weight excluding hydrogens is 360 g/mol. The van der Waals surface area contributed by atoms with E-state index in [-0.39, 0.29) is 24.4 Å². The molecule has 2 N–H and O–H groups in total. The van der Waals surface area contributed by atoms with E-state index in [1.165, 1.54) is 11.1 Å². The van der Waals surface area contributed by atoms with E-state index in [9.17, 15) is 4.79 Å². The lowest BCUT2D eigenvalue weighted by Crippen LogP contribution is -2.39. The summed E-state index contributed by atoms with van der Waals surface area (Å²) in [7, 11) is 0. The topological polar surface area (TPSA) is 55.6 Å². The van der Waals surface area contributed by atoms with E-state index >= 15 is 0 Å². The second-order valence-corrected chi connectivity index (χ2v) is 7.13. The molecule has 27 heavy (non-hydrogen) atoms. The Labute approximate surface area is 168 Å². The zero-order valence-corrected chi connectivity index (χ0v) is 16.7. The number of amides is 1. The molecule has 1 unspecified atom stereocenters. The summed E-state index contributed by atoms with van der Waals surface area (Å²) in [6.07, 6.45) is 3.56. The van der Waals surface area contributed by atoms with Gasteiger partial charge in [-0.25, -0.2) is 0 Å². The Morgan fingerprint density at radius 3 is 2.41 bits per heavy atom. The molecule has 2 aromatic carbocycles. The van der Waals surface area contributed by atoms with Crippen LogP contribution >= 0.6 is 12.4 Å². The van der Waals surface area contributed by atoms with Crippen molar-refractivity contribution in [1.29, 1.82) is 0 Å². The maximum atomic E-state index is 12.9. The maximum Gasteiger partial charge on any atom is 0.227 e. The van der Waals surface area contributed by atoms with Crippen molar-refractivity contribution in [1.82, 2.24) is 4.90 Å². The van der Waals surface area contributed by atoms with Gasteiger partial charge in [-0.05, 0) is 49.4 Å². The molecule has 146 valence electrons. The predicted octanol–water partition coefficient (Wildman–Crippen LogP) is 3.79. The molecule has 1 aliphatic heterocycles. The van der Waals surface area contributed by atoms with E-state index in [0.717, 1.165) is 43.7 Å². The van der Waals surface area contributed by atoms with Crippen LogP contribution in [0.25, 0.3) is 0 Å². The monoisotopic (exact) mass is 388 g/mol. The molecule has 0 spiro atoms. The molecule has 1 amide bonds. The molecule has 2 aromatic rings. The number of nitrogens with two attached hydrogens (primary N) is 1. The average molecular weight is 389 g/mol. The zero-order valence-electron chi connectivity index (χ0n) is 15.9. The summed E-state index contributed by atoms with van der Waals surface area (Å²) in [6.45, 7) is 4.29. The molecule has 1 fully saturated rings. The number of carbonyl (C=O) groups is 1. The van der Waals surface area contributed by atoms with Gasteiger partial charge in [0.05, 0.1) is 12.5 Å². The molecule has 0 saturated carbocycles. The van der Waals surface area contributed by atoms with Gasteiger partial charge in [0.15, 0.2) is 0 Å². The second-order valence-electron chi connectivity index (χ2n) is 7.13. The lowest BCUT2D eigenvalue weighted by atomic mass is 10.1. The quantitative estimate of drug-likeness (QED) is 0.734. The maximum absolute atomic E-state index is 12.9. The van der Waals surface area contributed by atoms with Crippen LogP contribution in [-0.2, 0) is 22.4 Å². The fourth-order valence-electron chi connectivity index (χ4n) is 3.29. The standard InChI is InChI=1S/C22H28N2O2.ClH/c1-17-4-6-18(7-5-17)12-13-24(16-21-3-2-14-26-21)22(25)15-19-8-10-20(23)11-9-19;/h4-11,21H,2-3,12-16,23H2,1H3;1H. The summed E-state index contributed by atoms with van der Waals surface area (Å²) in [5.74, 6) is 0.150. The lowest BCUT2D eigenvalue weighted by Gasteiger charge is -2.26. The van der Waals surface area contributed by atoms with Crippen LogP contribution in [0.4, 0.5) is 5.69 Å². The Kier molecular flexibility index (Phi) is 8.14. The van der Waals surface area contributed by atoms with Crippen LogP contribution in [-0.4, -0.2) is 36.6 Å². The van der Waals surface area contributed by atoms with Crippen LogP contribution in [0.5, 0.6) is 0 Å². The zero-order chi connectivity index (χ0) is 18.4. The first-order valence-corrected chi connectivity index (χ1v) is 9.39. The number of hydrogen-bond acceptors (Lipinski definition) is 3. The Balaban J connectivity index is 0.00000261. The molecule has 4 nitrogen and oxygen atoms in total. The molecule has 5 heteroatoms. The van der Waals surface area contributed by atoms with Gasteiger partial charge in [-0.1, -0.05) is 42.0 Å². The highest BCUT2D eigenvalue weighted by Gasteiger charge is 2.22. The number of benzene rings is 2. The minimum absolute atomic E-state index is 0. The first-order valence-electron chi connectivity index (χ1n) is 9.39. The van der Waals surface area contributed by atoms with Gasteiger partial charge in [-0.3, -0.25) is 4.79 Å². The first kappa shape index (κ1) is 21.3. The van der Waals surface area contributed by atoms with Gasteiger partial charge in [-0.2, -0.15) is 0 Å². The van der Waals surface area contributed by atoms with Crippen molar-refractivity contribution >= 4 is 24.0 Å². The summed E-state index contributed by atoms with van der Waals surface area (Å²) in [6, 6.07) is 16.1. The highest BCUT2D eigenvalue weighted by Crippen LogP contribution is 2.16. The molecule has 1 saturated heterocycles. The Hall–Kier alpha value is -2.04. The van der Waals surface area contributed by atoms with Crippen LogP contribution in [0.15, 0.2) is 48.5 Å². The smallest absolute Gasteiger partial charge is 0.227 e. The van der Waals surface area contributed by atoms with Crippen LogP contribution in [0.3, 0.4) is 0 Å². The van der Waals surface area contributed by atoms with Gasteiger partial charge in [0, 0.05) is 25.4 Å². The number of hydrogen-bond donors (Lipinski definition) is 1. The number of nitrogen functional groups attached to an aromatic ring is 1. The number of nitrogens with zero attached hydrogens (tertiary/aromatic N) is 1. The molecule has 0 aromatic heterocycles. The largest absolute Gasteiger partial charge is 0.399 e. The van der Waals surface area contributed by atoms with Gasteiger partial charge in [-0.15, -0.1) is 12.4 Å². The normalized spacial score (nSPS) is 16.0. The lowest BCUT2D eigenvalue weighted by molar-refractivity contribution is -0.132. The van der Waals surface area contributed by atoms with Gasteiger partial charge >= 0.3 is 0 Å². The van der Waals surface area contributed by atoms with Crippen molar-refractivity contribution in [2.75, 3.05) is 25.4 Å². The van der Waals surface area contributed by atoms with Crippen LogP contribution in [0.2, 0.25) is 0 Å². The summed E-state index contributed by atoms with van der Waals surface area (Å²) in [5.41, 5.74) is 9.97. The summed E-state index contributed by atoms with van der Waals surface area (Å²) >= 11 is 0. The third-order valence-corrected chi connectivity index (χ3v) is 4.93. The van der Waals surface area contributed by atoms with E-state index < -0.39 is 0 Å². The van der Waals surface area contributed by atoms with Gasteiger partial charge in [0.25, 0.3) is 0 Å².